The van der Waals surface area contributed by atoms with Gasteiger partial charge in [0.2, 0.25) is 5.91 Å². The third-order valence-corrected chi connectivity index (χ3v) is 6.39. The van der Waals surface area contributed by atoms with Crippen molar-refractivity contribution < 1.29 is 19.2 Å². The summed E-state index contributed by atoms with van der Waals surface area (Å²) in [6.45, 7) is 0.657. The fourth-order valence-corrected chi connectivity index (χ4v) is 4.58. The molecular formula is C26H23N3O4. The van der Waals surface area contributed by atoms with Crippen LogP contribution in [0.4, 0.5) is 0 Å². The Labute approximate surface area is 191 Å². The second-order valence-electron chi connectivity index (χ2n) is 8.40. The van der Waals surface area contributed by atoms with Gasteiger partial charge in [-0.1, -0.05) is 48.5 Å². The number of fused-ring (bicyclic) bond motifs is 2. The number of imide groups is 1. The van der Waals surface area contributed by atoms with Crippen molar-refractivity contribution in [3.8, 4) is 0 Å². The summed E-state index contributed by atoms with van der Waals surface area (Å²) in [5, 5.41) is 5.01. The van der Waals surface area contributed by atoms with Crippen molar-refractivity contribution in [2.24, 2.45) is 0 Å². The van der Waals surface area contributed by atoms with Gasteiger partial charge in [-0.2, -0.15) is 0 Å². The van der Waals surface area contributed by atoms with Crippen LogP contribution in [0.25, 0.3) is 10.8 Å². The maximum Gasteiger partial charge on any atom is 0.262 e. The number of nitrogens with one attached hydrogen (secondary N) is 1. The average molecular weight is 441 g/mol. The van der Waals surface area contributed by atoms with Gasteiger partial charge >= 0.3 is 0 Å². The molecule has 1 fully saturated rings. The van der Waals surface area contributed by atoms with E-state index < -0.39 is 11.8 Å². The molecule has 0 spiro atoms. The molecular weight excluding hydrogens is 418 g/mol. The minimum absolute atomic E-state index is 0.0418. The Balaban J connectivity index is 1.18. The van der Waals surface area contributed by atoms with Gasteiger partial charge in [0.05, 0.1) is 11.1 Å². The highest BCUT2D eigenvalue weighted by Gasteiger charge is 2.37. The van der Waals surface area contributed by atoms with Crippen molar-refractivity contribution in [2.75, 3.05) is 19.6 Å². The predicted molar refractivity (Wildman–Crippen MR) is 123 cm³/mol. The van der Waals surface area contributed by atoms with Crippen LogP contribution in [0, 0.1) is 0 Å². The Morgan fingerprint density at radius 1 is 0.818 bits per heavy atom. The molecule has 0 saturated carbocycles. The molecule has 7 nitrogen and oxygen atoms in total. The smallest absolute Gasteiger partial charge is 0.262 e. The van der Waals surface area contributed by atoms with Crippen LogP contribution in [0.15, 0.2) is 66.7 Å². The Kier molecular flexibility index (Phi) is 5.38. The minimum Gasteiger partial charge on any atom is -0.349 e. The molecule has 4 amide bonds. The quantitative estimate of drug-likeness (QED) is 0.631. The van der Waals surface area contributed by atoms with E-state index in [-0.39, 0.29) is 24.4 Å². The number of piperidine rings is 1. The summed E-state index contributed by atoms with van der Waals surface area (Å²) >= 11 is 0. The van der Waals surface area contributed by atoms with E-state index in [1.165, 1.54) is 0 Å². The molecule has 5 rings (SSSR count). The first-order chi connectivity index (χ1) is 16.0. The van der Waals surface area contributed by atoms with Gasteiger partial charge < -0.3 is 10.2 Å². The number of nitrogens with zero attached hydrogens (tertiary/aromatic N) is 2. The van der Waals surface area contributed by atoms with E-state index in [4.69, 9.17) is 0 Å². The van der Waals surface area contributed by atoms with E-state index in [1.807, 2.05) is 42.5 Å². The molecule has 33 heavy (non-hydrogen) atoms. The molecule has 0 bridgehead atoms. The van der Waals surface area contributed by atoms with E-state index in [0.29, 0.717) is 42.6 Å². The zero-order valence-corrected chi connectivity index (χ0v) is 18.0. The molecule has 1 N–H and O–H groups in total. The number of benzene rings is 3. The lowest BCUT2D eigenvalue weighted by Gasteiger charge is -2.33. The van der Waals surface area contributed by atoms with E-state index in [2.05, 4.69) is 5.32 Å². The largest absolute Gasteiger partial charge is 0.349 e. The fraction of sp³-hybridized carbons (Fsp3) is 0.231. The summed E-state index contributed by atoms with van der Waals surface area (Å²) in [4.78, 5) is 53.4. The zero-order valence-electron chi connectivity index (χ0n) is 18.0. The van der Waals surface area contributed by atoms with E-state index in [9.17, 15) is 19.2 Å². The van der Waals surface area contributed by atoms with E-state index >= 15 is 0 Å². The number of likely N-dealkylation sites (tertiary alicyclic amines) is 1. The van der Waals surface area contributed by atoms with Crippen LogP contribution in [0.5, 0.6) is 0 Å². The highest BCUT2D eigenvalue weighted by atomic mass is 16.2. The van der Waals surface area contributed by atoms with E-state index in [0.717, 1.165) is 15.7 Å². The van der Waals surface area contributed by atoms with Crippen molar-refractivity contribution in [2.45, 2.75) is 18.9 Å². The lowest BCUT2D eigenvalue weighted by molar-refractivity contribution is -0.132. The number of hydrogen-bond donors (Lipinski definition) is 1. The lowest BCUT2D eigenvalue weighted by atomic mass is 10.0. The van der Waals surface area contributed by atoms with Gasteiger partial charge in [0.1, 0.15) is 6.54 Å². The second kappa shape index (κ2) is 8.50. The summed E-state index contributed by atoms with van der Waals surface area (Å²) in [5.41, 5.74) is 1.31. The number of hydrogen-bond acceptors (Lipinski definition) is 4. The highest BCUT2D eigenvalue weighted by molar-refractivity contribution is 6.22. The molecule has 3 aromatic rings. The highest BCUT2D eigenvalue weighted by Crippen LogP contribution is 2.23. The molecule has 0 unspecified atom stereocenters. The maximum absolute atomic E-state index is 12.9. The molecule has 0 radical (unpaired) electrons. The predicted octanol–water partition coefficient (Wildman–Crippen LogP) is 2.86. The first kappa shape index (κ1) is 20.9. The summed E-state index contributed by atoms with van der Waals surface area (Å²) in [5.74, 6) is -1.24. The van der Waals surface area contributed by atoms with Crippen LogP contribution in [0.1, 0.15) is 43.9 Å². The third-order valence-electron chi connectivity index (χ3n) is 6.39. The Morgan fingerprint density at radius 2 is 1.42 bits per heavy atom. The summed E-state index contributed by atoms with van der Waals surface area (Å²) in [7, 11) is 0. The number of rotatable bonds is 4. The van der Waals surface area contributed by atoms with Crippen LogP contribution in [-0.4, -0.2) is 59.1 Å². The third kappa shape index (κ3) is 3.86. The minimum atomic E-state index is -0.429. The summed E-state index contributed by atoms with van der Waals surface area (Å²) in [6, 6.07) is 20.0. The number of carbonyl (C=O) groups excluding carboxylic acids is 4. The van der Waals surface area contributed by atoms with Crippen LogP contribution < -0.4 is 5.32 Å². The summed E-state index contributed by atoms with van der Waals surface area (Å²) in [6.07, 6.45) is 1.23. The van der Waals surface area contributed by atoms with Crippen LogP contribution in [0.2, 0.25) is 0 Å². The molecule has 7 heteroatoms. The van der Waals surface area contributed by atoms with Crippen molar-refractivity contribution in [1.29, 1.82) is 0 Å². The van der Waals surface area contributed by atoms with Gasteiger partial charge in [0.15, 0.2) is 0 Å². The van der Waals surface area contributed by atoms with Gasteiger partial charge in [0.25, 0.3) is 17.7 Å². The van der Waals surface area contributed by atoms with Crippen LogP contribution in [0.3, 0.4) is 0 Å². The first-order valence-corrected chi connectivity index (χ1v) is 11.0. The Bertz CT molecular complexity index is 1240. The van der Waals surface area contributed by atoms with Crippen molar-refractivity contribution >= 4 is 34.4 Å². The first-order valence-electron chi connectivity index (χ1n) is 11.0. The van der Waals surface area contributed by atoms with Gasteiger partial charge in [-0.3, -0.25) is 24.1 Å². The normalized spacial score (nSPS) is 16.2. The molecule has 0 aliphatic carbocycles. The molecule has 166 valence electrons. The molecule has 2 heterocycles. The topological polar surface area (TPSA) is 86.8 Å². The van der Waals surface area contributed by atoms with Crippen molar-refractivity contribution in [3.63, 3.8) is 0 Å². The molecule has 0 atom stereocenters. The zero-order chi connectivity index (χ0) is 22.9. The second-order valence-corrected chi connectivity index (χ2v) is 8.40. The number of carbonyl (C=O) groups is 4. The monoisotopic (exact) mass is 441 g/mol. The molecule has 2 aliphatic heterocycles. The average Bonchev–Trinajstić information content (AvgIpc) is 3.09. The van der Waals surface area contributed by atoms with Gasteiger partial charge in [-0.25, -0.2) is 0 Å². The van der Waals surface area contributed by atoms with Gasteiger partial charge in [-0.05, 0) is 41.8 Å². The summed E-state index contributed by atoms with van der Waals surface area (Å²) < 4.78 is 0. The van der Waals surface area contributed by atoms with Crippen LogP contribution >= 0.6 is 0 Å². The SMILES string of the molecule is O=C(NC1CCN(C(=O)CN2C(=O)c3ccccc3C2=O)CC1)c1cccc2ccccc12. The molecule has 0 aromatic heterocycles. The van der Waals surface area contributed by atoms with E-state index in [1.54, 1.807) is 29.2 Å². The standard InChI is InChI=1S/C26H23N3O4/c30-23(16-29-25(32)21-9-3-4-10-22(21)26(29)33)28-14-12-18(13-15-28)27-24(31)20-11-5-7-17-6-1-2-8-19(17)20/h1-11,18H,12-16H2,(H,27,31). The van der Waals surface area contributed by atoms with Crippen molar-refractivity contribution in [3.05, 3.63) is 83.4 Å². The molecule has 3 aromatic carbocycles. The van der Waals surface area contributed by atoms with Crippen LogP contribution in [-0.2, 0) is 4.79 Å². The lowest BCUT2D eigenvalue weighted by Crippen LogP contribution is -2.49. The number of amides is 4. The fourth-order valence-electron chi connectivity index (χ4n) is 4.58. The van der Waals surface area contributed by atoms with Gasteiger partial charge in [0, 0.05) is 24.7 Å². The molecule has 2 aliphatic rings. The Hall–Kier alpha value is -4.00. The van der Waals surface area contributed by atoms with Gasteiger partial charge in [-0.15, -0.1) is 0 Å². The maximum atomic E-state index is 12.9. The Morgan fingerprint density at radius 3 is 2.12 bits per heavy atom. The van der Waals surface area contributed by atoms with Crippen molar-refractivity contribution in [1.82, 2.24) is 15.1 Å². The molecule has 1 saturated heterocycles.